The predicted octanol–water partition coefficient (Wildman–Crippen LogP) is 2.36. The zero-order valence-electron chi connectivity index (χ0n) is 14.7. The van der Waals surface area contributed by atoms with Crippen molar-refractivity contribution < 1.29 is 4.79 Å². The molecule has 26 heavy (non-hydrogen) atoms. The first-order chi connectivity index (χ1) is 12.7. The van der Waals surface area contributed by atoms with Crippen molar-refractivity contribution in [2.75, 3.05) is 6.54 Å². The molecule has 7 heteroatoms. The molecule has 1 amide bonds. The molecule has 0 bridgehead atoms. The van der Waals surface area contributed by atoms with Gasteiger partial charge in [0, 0.05) is 55.9 Å². The molecule has 0 saturated heterocycles. The number of hydrogen-bond acceptors (Lipinski definition) is 5. The van der Waals surface area contributed by atoms with Gasteiger partial charge in [-0.1, -0.05) is 30.3 Å². The zero-order chi connectivity index (χ0) is 17.9. The molecule has 0 atom stereocenters. The van der Waals surface area contributed by atoms with Crippen LogP contribution in [0.3, 0.4) is 0 Å². The van der Waals surface area contributed by atoms with Crippen LogP contribution in [0.4, 0.5) is 0 Å². The van der Waals surface area contributed by atoms with Gasteiger partial charge in [0.25, 0.3) is 5.91 Å². The summed E-state index contributed by atoms with van der Waals surface area (Å²) in [6, 6.07) is 9.92. The van der Waals surface area contributed by atoms with E-state index in [9.17, 15) is 4.79 Å². The Hall–Kier alpha value is -2.51. The number of thiazole rings is 1. The molecular formula is C19H21N5OS. The number of nitrogens with one attached hydrogen (secondary N) is 1. The fourth-order valence-corrected chi connectivity index (χ4v) is 4.01. The third kappa shape index (κ3) is 3.54. The first-order valence-electron chi connectivity index (χ1n) is 8.68. The lowest BCUT2D eigenvalue weighted by molar-refractivity contribution is 0.0943. The van der Waals surface area contributed by atoms with Crippen LogP contribution >= 0.6 is 11.3 Å². The maximum Gasteiger partial charge on any atom is 0.272 e. The quantitative estimate of drug-likeness (QED) is 0.752. The van der Waals surface area contributed by atoms with Gasteiger partial charge in [-0.15, -0.1) is 11.3 Å². The summed E-state index contributed by atoms with van der Waals surface area (Å²) >= 11 is 1.67. The number of carbonyl (C=O) groups excluding carboxylic acids is 1. The molecule has 2 aromatic heterocycles. The molecule has 4 rings (SSSR count). The van der Waals surface area contributed by atoms with Crippen molar-refractivity contribution in [1.82, 2.24) is 25.0 Å². The van der Waals surface area contributed by atoms with Crippen molar-refractivity contribution >= 4 is 17.2 Å². The monoisotopic (exact) mass is 367 g/mol. The van der Waals surface area contributed by atoms with Crippen LogP contribution in [0.1, 0.15) is 32.3 Å². The smallest absolute Gasteiger partial charge is 0.272 e. The summed E-state index contributed by atoms with van der Waals surface area (Å²) < 4.78 is 1.85. The number of nitrogens with zero attached hydrogens (tertiary/aromatic N) is 4. The molecule has 134 valence electrons. The van der Waals surface area contributed by atoms with Gasteiger partial charge in [-0.2, -0.15) is 5.10 Å². The average Bonchev–Trinajstić information content (AvgIpc) is 3.29. The Kier molecular flexibility index (Phi) is 4.81. The molecule has 1 aliphatic rings. The van der Waals surface area contributed by atoms with Crippen LogP contribution in [0, 0.1) is 0 Å². The Balaban J connectivity index is 1.48. The Morgan fingerprint density at radius 2 is 2.15 bits per heavy atom. The van der Waals surface area contributed by atoms with Crippen molar-refractivity contribution in [2.45, 2.75) is 26.1 Å². The fraction of sp³-hybridized carbons (Fsp3) is 0.316. The first-order valence-corrected chi connectivity index (χ1v) is 9.56. The van der Waals surface area contributed by atoms with E-state index in [0.717, 1.165) is 47.9 Å². The van der Waals surface area contributed by atoms with E-state index in [1.807, 2.05) is 53.6 Å². The lowest BCUT2D eigenvalue weighted by atomic mass is 10.0. The van der Waals surface area contributed by atoms with Gasteiger partial charge in [0.1, 0.15) is 5.01 Å². The summed E-state index contributed by atoms with van der Waals surface area (Å²) in [4.78, 5) is 19.4. The highest BCUT2D eigenvalue weighted by Gasteiger charge is 2.27. The van der Waals surface area contributed by atoms with E-state index < -0.39 is 0 Å². The fourth-order valence-electron chi connectivity index (χ4n) is 3.35. The lowest BCUT2D eigenvalue weighted by Gasteiger charge is -2.26. The highest BCUT2D eigenvalue weighted by molar-refractivity contribution is 7.09. The third-order valence-corrected chi connectivity index (χ3v) is 5.44. The maximum atomic E-state index is 12.7. The molecule has 0 radical (unpaired) electrons. The highest BCUT2D eigenvalue weighted by atomic mass is 32.1. The van der Waals surface area contributed by atoms with Crippen molar-refractivity contribution in [1.29, 1.82) is 0 Å². The summed E-state index contributed by atoms with van der Waals surface area (Å²) in [5.74, 6) is -0.109. The molecule has 1 aromatic carbocycles. The van der Waals surface area contributed by atoms with Gasteiger partial charge in [0.15, 0.2) is 5.69 Å². The minimum absolute atomic E-state index is 0.109. The van der Waals surface area contributed by atoms with Crippen molar-refractivity contribution in [2.24, 2.45) is 7.05 Å². The van der Waals surface area contributed by atoms with Gasteiger partial charge in [-0.05, 0) is 5.56 Å². The van der Waals surface area contributed by atoms with E-state index >= 15 is 0 Å². The number of aromatic nitrogens is 3. The van der Waals surface area contributed by atoms with Gasteiger partial charge in [0.05, 0.1) is 6.54 Å². The molecule has 6 nitrogen and oxygen atoms in total. The lowest BCUT2D eigenvalue weighted by Crippen LogP contribution is -2.32. The van der Waals surface area contributed by atoms with Gasteiger partial charge in [-0.3, -0.25) is 14.4 Å². The summed E-state index contributed by atoms with van der Waals surface area (Å²) in [6.07, 6.45) is 2.73. The number of rotatable bonds is 5. The van der Waals surface area contributed by atoms with E-state index in [1.54, 1.807) is 11.3 Å². The Morgan fingerprint density at radius 1 is 1.31 bits per heavy atom. The van der Waals surface area contributed by atoms with E-state index in [-0.39, 0.29) is 5.91 Å². The SMILES string of the molecule is Cn1nc(C(=O)NCc2ccccc2)c2c1CCN(Cc1nccs1)C2. The minimum atomic E-state index is -0.109. The second-order valence-electron chi connectivity index (χ2n) is 6.45. The Bertz CT molecular complexity index is 888. The van der Waals surface area contributed by atoms with Gasteiger partial charge >= 0.3 is 0 Å². The third-order valence-electron chi connectivity index (χ3n) is 4.67. The number of carbonyl (C=O) groups is 1. The van der Waals surface area contributed by atoms with E-state index in [1.165, 1.54) is 0 Å². The zero-order valence-corrected chi connectivity index (χ0v) is 15.5. The summed E-state index contributed by atoms with van der Waals surface area (Å²) in [5.41, 5.74) is 3.82. The van der Waals surface area contributed by atoms with Gasteiger partial charge in [0.2, 0.25) is 0 Å². The van der Waals surface area contributed by atoms with Crippen LogP contribution in [0.5, 0.6) is 0 Å². The molecule has 3 aromatic rings. The Morgan fingerprint density at radius 3 is 2.92 bits per heavy atom. The molecule has 3 heterocycles. The van der Waals surface area contributed by atoms with Crippen LogP contribution in [0.2, 0.25) is 0 Å². The molecule has 0 spiro atoms. The second-order valence-corrected chi connectivity index (χ2v) is 7.43. The molecule has 0 aliphatic carbocycles. The van der Waals surface area contributed by atoms with Crippen LogP contribution < -0.4 is 5.32 Å². The number of aryl methyl sites for hydroxylation is 1. The Labute approximate surface area is 156 Å². The maximum absolute atomic E-state index is 12.7. The van der Waals surface area contributed by atoms with Gasteiger partial charge < -0.3 is 5.32 Å². The normalized spacial score (nSPS) is 14.2. The van der Waals surface area contributed by atoms with Crippen LogP contribution in [-0.2, 0) is 33.1 Å². The van der Waals surface area contributed by atoms with Crippen molar-refractivity contribution in [3.63, 3.8) is 0 Å². The molecule has 1 aliphatic heterocycles. The van der Waals surface area contributed by atoms with Gasteiger partial charge in [-0.25, -0.2) is 4.98 Å². The predicted molar refractivity (Wildman–Crippen MR) is 101 cm³/mol. The molecular weight excluding hydrogens is 346 g/mol. The van der Waals surface area contributed by atoms with E-state index in [0.29, 0.717) is 12.2 Å². The van der Waals surface area contributed by atoms with E-state index in [4.69, 9.17) is 0 Å². The average molecular weight is 367 g/mol. The number of hydrogen-bond donors (Lipinski definition) is 1. The molecule has 0 unspecified atom stereocenters. The van der Waals surface area contributed by atoms with Crippen LogP contribution in [0.25, 0.3) is 0 Å². The highest BCUT2D eigenvalue weighted by Crippen LogP contribution is 2.24. The van der Waals surface area contributed by atoms with Crippen molar-refractivity contribution in [3.05, 3.63) is 69.4 Å². The first kappa shape index (κ1) is 16.9. The standard InChI is InChI=1S/C19H21N5OS/c1-23-16-7-9-24(13-17-20-8-10-26-17)12-15(16)18(22-23)19(25)21-11-14-5-3-2-4-6-14/h2-6,8,10H,7,9,11-13H2,1H3,(H,21,25). The molecule has 0 fully saturated rings. The van der Waals surface area contributed by atoms with Crippen molar-refractivity contribution in [3.8, 4) is 0 Å². The minimum Gasteiger partial charge on any atom is -0.347 e. The number of benzene rings is 1. The number of fused-ring (bicyclic) bond motifs is 1. The van der Waals surface area contributed by atoms with Crippen LogP contribution in [-0.4, -0.2) is 32.1 Å². The molecule has 0 saturated carbocycles. The topological polar surface area (TPSA) is 63.1 Å². The van der Waals surface area contributed by atoms with E-state index in [2.05, 4.69) is 20.3 Å². The molecule has 1 N–H and O–H groups in total. The second kappa shape index (κ2) is 7.39. The summed E-state index contributed by atoms with van der Waals surface area (Å²) in [6.45, 7) is 3.01. The summed E-state index contributed by atoms with van der Waals surface area (Å²) in [7, 11) is 1.92. The number of amides is 1. The largest absolute Gasteiger partial charge is 0.347 e. The summed E-state index contributed by atoms with van der Waals surface area (Å²) in [5, 5.41) is 10.6. The van der Waals surface area contributed by atoms with Crippen LogP contribution in [0.15, 0.2) is 41.9 Å².